The molecule has 2 unspecified atom stereocenters. The van der Waals surface area contributed by atoms with Gasteiger partial charge in [0.15, 0.2) is 0 Å². The Hall–Kier alpha value is -0.960. The van der Waals surface area contributed by atoms with Crippen molar-refractivity contribution in [1.29, 1.82) is 0 Å². The van der Waals surface area contributed by atoms with Crippen molar-refractivity contribution >= 4 is 0 Å². The van der Waals surface area contributed by atoms with E-state index in [2.05, 4.69) is 49.3 Å². The van der Waals surface area contributed by atoms with Crippen LogP contribution >= 0.6 is 0 Å². The quantitative estimate of drug-likeness (QED) is 0.802. The van der Waals surface area contributed by atoms with Crippen LogP contribution in [0.15, 0.2) is 18.3 Å². The monoisotopic (exact) mass is 221 g/mol. The molecule has 0 saturated heterocycles. The normalized spacial score (nSPS) is 15.1. The van der Waals surface area contributed by atoms with Gasteiger partial charge in [-0.1, -0.05) is 20.8 Å². The fourth-order valence-corrected chi connectivity index (χ4v) is 2.17. The Kier molecular flexibility index (Phi) is 5.39. The van der Waals surface area contributed by atoms with Crippen molar-refractivity contribution in [3.05, 3.63) is 24.0 Å². The van der Waals surface area contributed by atoms with E-state index in [0.717, 1.165) is 18.7 Å². The van der Waals surface area contributed by atoms with Gasteiger partial charge >= 0.3 is 0 Å². The molecule has 2 atom stereocenters. The second-order valence-electron chi connectivity index (χ2n) is 4.66. The summed E-state index contributed by atoms with van der Waals surface area (Å²) < 4.78 is 0. The summed E-state index contributed by atoms with van der Waals surface area (Å²) in [6.45, 7) is 9.96. The highest BCUT2D eigenvalue weighted by Crippen LogP contribution is 2.25. The van der Waals surface area contributed by atoms with Gasteiger partial charge in [0.25, 0.3) is 0 Å². The number of hydrogen-bond donors (Lipinski definition) is 1. The lowest BCUT2D eigenvalue weighted by Crippen LogP contribution is -2.35. The van der Waals surface area contributed by atoms with Gasteiger partial charge in [-0.25, -0.2) is 0 Å². The van der Waals surface area contributed by atoms with Crippen LogP contribution in [0.4, 0.5) is 0 Å². The third-order valence-electron chi connectivity index (χ3n) is 2.91. The van der Waals surface area contributed by atoms with E-state index >= 15 is 0 Å². The maximum Gasteiger partial charge on any atom is 0.0679 e. The zero-order chi connectivity index (χ0) is 12.0. The molecule has 0 bridgehead atoms. The van der Waals surface area contributed by atoms with Crippen LogP contribution in [0.3, 0.4) is 0 Å². The molecular weight excluding hydrogens is 198 g/mol. The fourth-order valence-electron chi connectivity index (χ4n) is 2.17. The summed E-state index contributed by atoms with van der Waals surface area (Å²) in [7, 11) is 0. The topological polar surface area (TPSA) is 37.8 Å². The van der Waals surface area contributed by atoms with Crippen LogP contribution in [-0.4, -0.2) is 22.8 Å². The number of nitrogens with zero attached hydrogens (tertiary/aromatic N) is 2. The van der Waals surface area contributed by atoms with Gasteiger partial charge in [0.1, 0.15) is 0 Å². The Morgan fingerprint density at radius 3 is 2.56 bits per heavy atom. The van der Waals surface area contributed by atoms with E-state index in [1.165, 1.54) is 0 Å². The molecule has 16 heavy (non-hydrogen) atoms. The van der Waals surface area contributed by atoms with Crippen LogP contribution in [0.25, 0.3) is 0 Å². The summed E-state index contributed by atoms with van der Waals surface area (Å²) >= 11 is 0. The van der Waals surface area contributed by atoms with Gasteiger partial charge in [-0.2, -0.15) is 10.2 Å². The van der Waals surface area contributed by atoms with Gasteiger partial charge in [-0.05, 0) is 37.9 Å². The Morgan fingerprint density at radius 2 is 2.06 bits per heavy atom. The van der Waals surface area contributed by atoms with E-state index in [4.69, 9.17) is 0 Å². The standard InChI is InChI=1S/C13H23N3/c1-5-8-14-11(4)13(10(2)3)12-7-6-9-15-16-12/h6-7,9-11,13-14H,5,8H2,1-4H3. The van der Waals surface area contributed by atoms with Gasteiger partial charge in [0.05, 0.1) is 5.69 Å². The van der Waals surface area contributed by atoms with Crippen LogP contribution in [0.2, 0.25) is 0 Å². The molecular formula is C13H23N3. The molecule has 0 saturated carbocycles. The predicted octanol–water partition coefficient (Wildman–Crippen LogP) is 2.60. The molecule has 0 aliphatic heterocycles. The Balaban J connectivity index is 2.75. The van der Waals surface area contributed by atoms with Gasteiger partial charge in [0, 0.05) is 18.2 Å². The van der Waals surface area contributed by atoms with Crippen LogP contribution in [-0.2, 0) is 0 Å². The molecule has 1 aromatic heterocycles. The lowest BCUT2D eigenvalue weighted by atomic mass is 9.86. The summed E-state index contributed by atoms with van der Waals surface area (Å²) in [4.78, 5) is 0. The molecule has 0 amide bonds. The van der Waals surface area contributed by atoms with Crippen LogP contribution in [0.1, 0.15) is 45.7 Å². The SMILES string of the molecule is CCCNC(C)C(c1cccnn1)C(C)C. The van der Waals surface area contributed by atoms with Crippen molar-refractivity contribution in [2.24, 2.45) is 5.92 Å². The molecule has 0 aromatic carbocycles. The Morgan fingerprint density at radius 1 is 1.31 bits per heavy atom. The largest absolute Gasteiger partial charge is 0.314 e. The van der Waals surface area contributed by atoms with Crippen molar-refractivity contribution < 1.29 is 0 Å². The van der Waals surface area contributed by atoms with E-state index < -0.39 is 0 Å². The molecule has 3 heteroatoms. The summed E-state index contributed by atoms with van der Waals surface area (Å²) in [5.74, 6) is 0.997. The molecule has 90 valence electrons. The van der Waals surface area contributed by atoms with Crippen molar-refractivity contribution in [3.63, 3.8) is 0 Å². The third kappa shape index (κ3) is 3.56. The van der Waals surface area contributed by atoms with Crippen LogP contribution < -0.4 is 5.32 Å². The summed E-state index contributed by atoms with van der Waals surface area (Å²) in [5, 5.41) is 11.8. The van der Waals surface area contributed by atoms with Crippen LogP contribution in [0.5, 0.6) is 0 Å². The third-order valence-corrected chi connectivity index (χ3v) is 2.91. The molecule has 3 nitrogen and oxygen atoms in total. The highest BCUT2D eigenvalue weighted by Gasteiger charge is 2.23. The summed E-state index contributed by atoms with van der Waals surface area (Å²) in [6, 6.07) is 4.48. The van der Waals surface area contributed by atoms with Gasteiger partial charge in [-0.15, -0.1) is 0 Å². The summed E-state index contributed by atoms with van der Waals surface area (Å²) in [6.07, 6.45) is 2.89. The zero-order valence-electron chi connectivity index (χ0n) is 10.8. The highest BCUT2D eigenvalue weighted by atomic mass is 15.1. The zero-order valence-corrected chi connectivity index (χ0v) is 10.8. The Bertz CT molecular complexity index is 284. The molecule has 1 heterocycles. The molecule has 1 rings (SSSR count). The van der Waals surface area contributed by atoms with Crippen molar-refractivity contribution in [2.45, 2.75) is 46.1 Å². The number of hydrogen-bond acceptors (Lipinski definition) is 3. The number of rotatable bonds is 6. The summed E-state index contributed by atoms with van der Waals surface area (Å²) in [5.41, 5.74) is 1.09. The lowest BCUT2D eigenvalue weighted by Gasteiger charge is -2.27. The first kappa shape index (κ1) is 13.1. The number of aromatic nitrogens is 2. The van der Waals surface area contributed by atoms with Gasteiger partial charge < -0.3 is 5.32 Å². The minimum Gasteiger partial charge on any atom is -0.314 e. The highest BCUT2D eigenvalue weighted by molar-refractivity contribution is 5.10. The minimum atomic E-state index is 0.431. The van der Waals surface area contributed by atoms with E-state index in [0.29, 0.717) is 17.9 Å². The van der Waals surface area contributed by atoms with Gasteiger partial charge in [-0.3, -0.25) is 0 Å². The molecule has 1 aromatic rings. The first-order chi connectivity index (χ1) is 7.66. The maximum absolute atomic E-state index is 4.24. The van der Waals surface area contributed by atoms with Crippen LogP contribution in [0, 0.1) is 5.92 Å². The van der Waals surface area contributed by atoms with E-state index in [1.54, 1.807) is 6.20 Å². The molecule has 0 aliphatic carbocycles. The molecule has 0 radical (unpaired) electrons. The van der Waals surface area contributed by atoms with Crippen molar-refractivity contribution in [1.82, 2.24) is 15.5 Å². The molecule has 0 fully saturated rings. The minimum absolute atomic E-state index is 0.431. The molecule has 1 N–H and O–H groups in total. The van der Waals surface area contributed by atoms with Crippen molar-refractivity contribution in [2.75, 3.05) is 6.54 Å². The second kappa shape index (κ2) is 6.59. The van der Waals surface area contributed by atoms with Crippen molar-refractivity contribution in [3.8, 4) is 0 Å². The lowest BCUT2D eigenvalue weighted by molar-refractivity contribution is 0.369. The van der Waals surface area contributed by atoms with E-state index in [9.17, 15) is 0 Å². The molecule has 0 aliphatic rings. The second-order valence-corrected chi connectivity index (χ2v) is 4.66. The first-order valence-corrected chi connectivity index (χ1v) is 6.17. The van der Waals surface area contributed by atoms with E-state index in [-0.39, 0.29) is 0 Å². The smallest absolute Gasteiger partial charge is 0.0679 e. The van der Waals surface area contributed by atoms with Gasteiger partial charge in [0.2, 0.25) is 0 Å². The average molecular weight is 221 g/mol. The van der Waals surface area contributed by atoms with E-state index in [1.807, 2.05) is 6.07 Å². The average Bonchev–Trinajstić information content (AvgIpc) is 2.27. The molecule has 0 spiro atoms. The first-order valence-electron chi connectivity index (χ1n) is 6.17. The fraction of sp³-hybridized carbons (Fsp3) is 0.692. The number of nitrogens with one attached hydrogen (secondary N) is 1. The predicted molar refractivity (Wildman–Crippen MR) is 67.4 cm³/mol. The Labute approximate surface area is 98.7 Å². The maximum atomic E-state index is 4.24.